The van der Waals surface area contributed by atoms with E-state index >= 15 is 0 Å². The Morgan fingerprint density at radius 2 is 1.86 bits per heavy atom. The summed E-state index contributed by atoms with van der Waals surface area (Å²) >= 11 is 0. The number of ether oxygens (including phenoxy) is 1. The average molecular weight is 307 g/mol. The van der Waals surface area contributed by atoms with E-state index in [1.54, 1.807) is 0 Å². The minimum atomic E-state index is -0.437. The molecule has 0 bridgehead atoms. The second-order valence-corrected chi connectivity index (χ2v) is 8.00. The van der Waals surface area contributed by atoms with Crippen molar-refractivity contribution in [2.45, 2.75) is 85.7 Å². The first-order valence-corrected chi connectivity index (χ1v) is 8.80. The molecule has 3 atom stereocenters. The number of carbonyl (C=O) groups excluding carboxylic acids is 1. The van der Waals surface area contributed by atoms with E-state index in [2.05, 4.69) is 26.8 Å². The predicted octanol–water partition coefficient (Wildman–Crippen LogP) is 5.10. The first-order valence-electron chi connectivity index (χ1n) is 8.80. The Bertz CT molecular complexity index is 422. The third-order valence-corrected chi connectivity index (χ3v) is 5.86. The maximum atomic E-state index is 12.6. The van der Waals surface area contributed by atoms with E-state index in [-0.39, 0.29) is 17.8 Å². The fraction of sp³-hybridized carbons (Fsp3) is 0.895. The average Bonchev–Trinajstić information content (AvgIpc) is 2.72. The summed E-state index contributed by atoms with van der Waals surface area (Å²) in [6, 6.07) is 2.41. The predicted molar refractivity (Wildman–Crippen MR) is 89.1 cm³/mol. The van der Waals surface area contributed by atoms with E-state index in [1.165, 1.54) is 0 Å². The Kier molecular flexibility index (Phi) is 6.47. The van der Waals surface area contributed by atoms with Crippen LogP contribution in [-0.4, -0.2) is 11.6 Å². The molecular formula is C19H33NO2. The molecule has 0 saturated heterocycles. The lowest BCUT2D eigenvalue weighted by Gasteiger charge is -2.42. The molecule has 126 valence electrons. The third kappa shape index (κ3) is 4.24. The zero-order valence-electron chi connectivity index (χ0n) is 15.2. The molecule has 0 amide bonds. The molecule has 0 N–H and O–H groups in total. The molecule has 1 saturated carbocycles. The lowest BCUT2D eigenvalue weighted by Crippen LogP contribution is -2.47. The van der Waals surface area contributed by atoms with Crippen LogP contribution in [0.3, 0.4) is 0 Å². The van der Waals surface area contributed by atoms with Gasteiger partial charge < -0.3 is 4.74 Å². The molecule has 0 aliphatic heterocycles. The van der Waals surface area contributed by atoms with Crippen molar-refractivity contribution in [1.29, 1.82) is 5.26 Å². The van der Waals surface area contributed by atoms with Crippen LogP contribution in [0.5, 0.6) is 0 Å². The van der Waals surface area contributed by atoms with Crippen LogP contribution in [0.15, 0.2) is 0 Å². The van der Waals surface area contributed by atoms with Crippen molar-refractivity contribution in [3.8, 4) is 6.07 Å². The number of nitriles is 1. The quantitative estimate of drug-likeness (QED) is 0.524. The fourth-order valence-electron chi connectivity index (χ4n) is 3.16. The summed E-state index contributed by atoms with van der Waals surface area (Å²) in [5.41, 5.74) is -0.871. The minimum absolute atomic E-state index is 0.0905. The van der Waals surface area contributed by atoms with E-state index in [4.69, 9.17) is 10.00 Å². The second kappa shape index (κ2) is 7.49. The molecule has 0 aromatic rings. The van der Waals surface area contributed by atoms with Crippen molar-refractivity contribution >= 4 is 5.97 Å². The van der Waals surface area contributed by atoms with Crippen LogP contribution in [0.25, 0.3) is 0 Å². The van der Waals surface area contributed by atoms with Gasteiger partial charge in [0.15, 0.2) is 0 Å². The van der Waals surface area contributed by atoms with Crippen LogP contribution >= 0.6 is 0 Å². The third-order valence-electron chi connectivity index (χ3n) is 5.86. The number of hydrogen-bond donors (Lipinski definition) is 0. The zero-order valence-corrected chi connectivity index (χ0v) is 15.2. The topological polar surface area (TPSA) is 50.1 Å². The van der Waals surface area contributed by atoms with Crippen molar-refractivity contribution < 1.29 is 9.53 Å². The van der Waals surface area contributed by atoms with Gasteiger partial charge in [0, 0.05) is 5.92 Å². The van der Waals surface area contributed by atoms with E-state index in [0.717, 1.165) is 38.5 Å². The first kappa shape index (κ1) is 19.0. The smallest absolute Gasteiger partial charge is 0.312 e. The molecule has 1 fully saturated rings. The SMILES string of the molecule is CCC(C)(C)C(=O)OC(C)(C(C)C)C1CCCC(C#N)CC1. The summed E-state index contributed by atoms with van der Waals surface area (Å²) in [7, 11) is 0. The molecule has 1 rings (SSSR count). The number of nitrogens with zero attached hydrogens (tertiary/aromatic N) is 1. The maximum Gasteiger partial charge on any atom is 0.312 e. The van der Waals surface area contributed by atoms with Crippen LogP contribution in [0.2, 0.25) is 0 Å². The Morgan fingerprint density at radius 3 is 2.36 bits per heavy atom. The molecule has 0 heterocycles. The first-order chi connectivity index (χ1) is 10.2. The van der Waals surface area contributed by atoms with Crippen molar-refractivity contribution in [3.63, 3.8) is 0 Å². The standard InChI is InChI=1S/C19H33NO2/c1-7-18(4,5)17(21)22-19(6,14(2)3)16-10-8-9-15(13-20)11-12-16/h14-16H,7-12H2,1-6H3. The molecule has 3 heteroatoms. The monoisotopic (exact) mass is 307 g/mol. The molecular weight excluding hydrogens is 274 g/mol. The van der Waals surface area contributed by atoms with Crippen LogP contribution in [0.1, 0.15) is 80.1 Å². The number of rotatable bonds is 5. The van der Waals surface area contributed by atoms with Crippen LogP contribution in [0, 0.1) is 34.5 Å². The lowest BCUT2D eigenvalue weighted by molar-refractivity contribution is -0.182. The number of carbonyl (C=O) groups is 1. The second-order valence-electron chi connectivity index (χ2n) is 8.00. The summed E-state index contributed by atoms with van der Waals surface area (Å²) in [6.45, 7) is 12.3. The summed E-state index contributed by atoms with van der Waals surface area (Å²) in [5, 5.41) is 9.16. The molecule has 1 aliphatic carbocycles. The normalized spacial score (nSPS) is 25.9. The molecule has 22 heavy (non-hydrogen) atoms. The number of hydrogen-bond acceptors (Lipinski definition) is 3. The van der Waals surface area contributed by atoms with Crippen LogP contribution in [-0.2, 0) is 9.53 Å². The van der Waals surface area contributed by atoms with Gasteiger partial charge in [-0.25, -0.2) is 0 Å². The van der Waals surface area contributed by atoms with E-state index in [0.29, 0.717) is 5.92 Å². The van der Waals surface area contributed by atoms with Gasteiger partial charge in [-0.2, -0.15) is 5.26 Å². The van der Waals surface area contributed by atoms with Gasteiger partial charge in [0.2, 0.25) is 0 Å². The highest BCUT2D eigenvalue weighted by molar-refractivity contribution is 5.76. The van der Waals surface area contributed by atoms with Gasteiger partial charge in [0.1, 0.15) is 5.60 Å². The Morgan fingerprint density at radius 1 is 1.23 bits per heavy atom. The summed E-state index contributed by atoms with van der Waals surface area (Å²) in [5.74, 6) is 0.701. The number of esters is 1. The molecule has 1 aliphatic rings. The molecule has 0 spiro atoms. The Balaban J connectivity index is 2.91. The van der Waals surface area contributed by atoms with Crippen molar-refractivity contribution in [1.82, 2.24) is 0 Å². The minimum Gasteiger partial charge on any atom is -0.458 e. The van der Waals surface area contributed by atoms with Gasteiger partial charge in [0.25, 0.3) is 0 Å². The summed E-state index contributed by atoms with van der Waals surface area (Å²) in [4.78, 5) is 12.6. The fourth-order valence-corrected chi connectivity index (χ4v) is 3.16. The Hall–Kier alpha value is -1.04. The van der Waals surface area contributed by atoms with Gasteiger partial charge in [-0.05, 0) is 64.7 Å². The summed E-state index contributed by atoms with van der Waals surface area (Å²) in [6.07, 6.45) is 5.77. The molecule has 0 aromatic carbocycles. The van der Waals surface area contributed by atoms with E-state index in [1.807, 2.05) is 20.8 Å². The van der Waals surface area contributed by atoms with E-state index in [9.17, 15) is 4.79 Å². The molecule has 0 aromatic heterocycles. The van der Waals surface area contributed by atoms with Crippen LogP contribution < -0.4 is 0 Å². The maximum absolute atomic E-state index is 12.6. The highest BCUT2D eigenvalue weighted by Crippen LogP contribution is 2.41. The Labute approximate surface area is 136 Å². The van der Waals surface area contributed by atoms with Gasteiger partial charge in [-0.1, -0.05) is 27.2 Å². The molecule has 3 unspecified atom stereocenters. The highest BCUT2D eigenvalue weighted by atomic mass is 16.6. The van der Waals surface area contributed by atoms with Gasteiger partial charge in [0.05, 0.1) is 11.5 Å². The van der Waals surface area contributed by atoms with Gasteiger partial charge >= 0.3 is 5.97 Å². The van der Waals surface area contributed by atoms with Crippen LogP contribution in [0.4, 0.5) is 0 Å². The lowest BCUT2D eigenvalue weighted by atomic mass is 9.75. The largest absolute Gasteiger partial charge is 0.458 e. The van der Waals surface area contributed by atoms with Crippen molar-refractivity contribution in [2.75, 3.05) is 0 Å². The van der Waals surface area contributed by atoms with Crippen molar-refractivity contribution in [2.24, 2.45) is 23.2 Å². The van der Waals surface area contributed by atoms with E-state index < -0.39 is 11.0 Å². The van der Waals surface area contributed by atoms with Gasteiger partial charge in [-0.3, -0.25) is 4.79 Å². The molecule has 3 nitrogen and oxygen atoms in total. The highest BCUT2D eigenvalue weighted by Gasteiger charge is 2.43. The van der Waals surface area contributed by atoms with Gasteiger partial charge in [-0.15, -0.1) is 0 Å². The zero-order chi connectivity index (χ0) is 17.0. The van der Waals surface area contributed by atoms with Crippen molar-refractivity contribution in [3.05, 3.63) is 0 Å². The summed E-state index contributed by atoms with van der Waals surface area (Å²) < 4.78 is 6.10. The molecule has 0 radical (unpaired) electrons.